The molecule has 2 aromatic rings. The fraction of sp³-hybridized carbons (Fsp3) is 0.125. The van der Waals surface area contributed by atoms with Crippen LogP contribution in [0.1, 0.15) is 26.9 Å². The molecule has 3 N–H and O–H groups in total. The van der Waals surface area contributed by atoms with Crippen molar-refractivity contribution in [2.24, 2.45) is 0 Å². The Bertz CT molecular complexity index is 532. The molecule has 0 saturated carbocycles. The van der Waals surface area contributed by atoms with Crippen molar-refractivity contribution >= 4 is 11.9 Å². The second-order valence-electron chi connectivity index (χ2n) is 2.98. The number of aromatic amines is 1. The number of aromatic carboxylic acids is 1. The molecule has 0 aromatic carbocycles. The standard InChI is InChI=1S/C8H7N5O4/c14-7(9-3-6-10-12-13-11-6)4-1-2-5(17-4)8(15)16/h1-2H,3H2,(H,9,14)(H,15,16)(H,10,11,12,13). The van der Waals surface area contributed by atoms with E-state index < -0.39 is 11.9 Å². The Morgan fingerprint density at radius 1 is 1.41 bits per heavy atom. The highest BCUT2D eigenvalue weighted by Crippen LogP contribution is 2.07. The molecular weight excluding hydrogens is 230 g/mol. The highest BCUT2D eigenvalue weighted by atomic mass is 16.4. The summed E-state index contributed by atoms with van der Waals surface area (Å²) in [5.41, 5.74) is 0. The SMILES string of the molecule is O=C(O)c1ccc(C(=O)NCc2nn[nH]n2)o1. The Hall–Kier alpha value is -2.71. The van der Waals surface area contributed by atoms with Crippen molar-refractivity contribution in [3.8, 4) is 0 Å². The lowest BCUT2D eigenvalue weighted by molar-refractivity contribution is 0.0659. The number of tetrazole rings is 1. The molecule has 9 heteroatoms. The number of H-pyrrole nitrogens is 1. The minimum absolute atomic E-state index is 0.0679. The molecule has 0 fully saturated rings. The summed E-state index contributed by atoms with van der Waals surface area (Å²) in [6, 6.07) is 2.47. The van der Waals surface area contributed by atoms with Crippen LogP contribution in [0, 0.1) is 0 Å². The van der Waals surface area contributed by atoms with Gasteiger partial charge in [-0.3, -0.25) is 4.79 Å². The van der Waals surface area contributed by atoms with E-state index in [1.54, 1.807) is 0 Å². The summed E-state index contributed by atoms with van der Waals surface area (Å²) in [5, 5.41) is 23.8. The van der Waals surface area contributed by atoms with Crippen LogP contribution in [0.15, 0.2) is 16.5 Å². The van der Waals surface area contributed by atoms with E-state index in [0.717, 1.165) is 0 Å². The lowest BCUT2D eigenvalue weighted by atomic mass is 10.4. The number of nitrogens with one attached hydrogen (secondary N) is 2. The molecule has 2 aromatic heterocycles. The Morgan fingerprint density at radius 2 is 2.18 bits per heavy atom. The first kappa shape index (κ1) is 10.8. The van der Waals surface area contributed by atoms with E-state index in [2.05, 4.69) is 25.9 Å². The summed E-state index contributed by atoms with van der Waals surface area (Å²) in [6.07, 6.45) is 0. The molecule has 0 saturated heterocycles. The minimum Gasteiger partial charge on any atom is -0.475 e. The number of carbonyl (C=O) groups is 2. The van der Waals surface area contributed by atoms with Crippen molar-refractivity contribution in [2.75, 3.05) is 0 Å². The molecule has 0 atom stereocenters. The number of carbonyl (C=O) groups excluding carboxylic acids is 1. The Labute approximate surface area is 93.8 Å². The van der Waals surface area contributed by atoms with Crippen LogP contribution < -0.4 is 5.32 Å². The molecule has 9 nitrogen and oxygen atoms in total. The average molecular weight is 237 g/mol. The van der Waals surface area contributed by atoms with Gasteiger partial charge in [0.2, 0.25) is 5.76 Å². The smallest absolute Gasteiger partial charge is 0.371 e. The summed E-state index contributed by atoms with van der Waals surface area (Å²) >= 11 is 0. The maximum atomic E-state index is 11.5. The van der Waals surface area contributed by atoms with Crippen LogP contribution in [0.2, 0.25) is 0 Å². The van der Waals surface area contributed by atoms with E-state index in [1.165, 1.54) is 12.1 Å². The maximum absolute atomic E-state index is 11.5. The zero-order valence-corrected chi connectivity index (χ0v) is 8.38. The lowest BCUT2D eigenvalue weighted by Crippen LogP contribution is -2.23. The van der Waals surface area contributed by atoms with Gasteiger partial charge in [-0.2, -0.15) is 5.21 Å². The first-order valence-electron chi connectivity index (χ1n) is 4.50. The van der Waals surface area contributed by atoms with Crippen molar-refractivity contribution < 1.29 is 19.1 Å². The quantitative estimate of drug-likeness (QED) is 0.647. The van der Waals surface area contributed by atoms with E-state index in [0.29, 0.717) is 5.82 Å². The zero-order valence-electron chi connectivity index (χ0n) is 8.38. The lowest BCUT2D eigenvalue weighted by Gasteiger charge is -1.98. The monoisotopic (exact) mass is 237 g/mol. The van der Waals surface area contributed by atoms with E-state index >= 15 is 0 Å². The third-order valence-electron chi connectivity index (χ3n) is 1.84. The van der Waals surface area contributed by atoms with E-state index in [4.69, 9.17) is 9.52 Å². The van der Waals surface area contributed by atoms with Gasteiger partial charge in [0.25, 0.3) is 5.91 Å². The second kappa shape index (κ2) is 4.43. The van der Waals surface area contributed by atoms with Crippen molar-refractivity contribution in [3.63, 3.8) is 0 Å². The molecule has 1 amide bonds. The van der Waals surface area contributed by atoms with Gasteiger partial charge in [-0.05, 0) is 12.1 Å². The van der Waals surface area contributed by atoms with Crippen molar-refractivity contribution in [2.45, 2.75) is 6.54 Å². The summed E-state index contributed by atoms with van der Waals surface area (Å²) in [5.74, 6) is -1.87. The van der Waals surface area contributed by atoms with Gasteiger partial charge in [-0.25, -0.2) is 4.79 Å². The molecule has 88 valence electrons. The van der Waals surface area contributed by atoms with Crippen LogP contribution in [0.4, 0.5) is 0 Å². The van der Waals surface area contributed by atoms with Crippen molar-refractivity contribution in [3.05, 3.63) is 29.5 Å². The third kappa shape index (κ3) is 2.45. The predicted molar refractivity (Wildman–Crippen MR) is 51.0 cm³/mol. The number of aromatic nitrogens is 4. The first-order valence-corrected chi connectivity index (χ1v) is 4.50. The van der Waals surface area contributed by atoms with Crippen molar-refractivity contribution in [1.82, 2.24) is 25.9 Å². The minimum atomic E-state index is -1.23. The Morgan fingerprint density at radius 3 is 2.76 bits per heavy atom. The van der Waals surface area contributed by atoms with Crippen LogP contribution in [-0.4, -0.2) is 37.6 Å². The molecule has 2 rings (SSSR count). The van der Waals surface area contributed by atoms with Gasteiger partial charge in [0.1, 0.15) is 0 Å². The molecule has 0 aliphatic carbocycles. The maximum Gasteiger partial charge on any atom is 0.371 e. The highest BCUT2D eigenvalue weighted by Gasteiger charge is 2.14. The van der Waals surface area contributed by atoms with Crippen LogP contribution in [0.5, 0.6) is 0 Å². The van der Waals surface area contributed by atoms with Crippen LogP contribution in [-0.2, 0) is 6.54 Å². The first-order chi connectivity index (χ1) is 8.16. The largest absolute Gasteiger partial charge is 0.475 e. The van der Waals surface area contributed by atoms with E-state index in [1.807, 2.05) is 0 Å². The molecule has 0 bridgehead atoms. The number of hydrogen-bond donors (Lipinski definition) is 3. The molecule has 0 unspecified atom stereocenters. The van der Waals surface area contributed by atoms with Gasteiger partial charge in [0.15, 0.2) is 11.6 Å². The zero-order chi connectivity index (χ0) is 12.3. The fourth-order valence-corrected chi connectivity index (χ4v) is 1.08. The third-order valence-corrected chi connectivity index (χ3v) is 1.84. The average Bonchev–Trinajstić information content (AvgIpc) is 2.96. The number of rotatable bonds is 4. The highest BCUT2D eigenvalue weighted by molar-refractivity contribution is 5.93. The summed E-state index contributed by atoms with van der Waals surface area (Å²) in [6.45, 7) is 0.0679. The van der Waals surface area contributed by atoms with Crippen LogP contribution in [0.3, 0.4) is 0 Å². The summed E-state index contributed by atoms with van der Waals surface area (Å²) < 4.78 is 4.80. The number of amides is 1. The molecule has 0 radical (unpaired) electrons. The number of carboxylic acid groups (broad SMARTS) is 1. The van der Waals surface area contributed by atoms with Crippen LogP contribution in [0.25, 0.3) is 0 Å². The number of nitrogens with zero attached hydrogens (tertiary/aromatic N) is 3. The van der Waals surface area contributed by atoms with Gasteiger partial charge in [-0.1, -0.05) is 5.21 Å². The van der Waals surface area contributed by atoms with Gasteiger partial charge in [0.05, 0.1) is 6.54 Å². The van der Waals surface area contributed by atoms with Gasteiger partial charge in [-0.15, -0.1) is 10.2 Å². The number of hydrogen-bond acceptors (Lipinski definition) is 6. The fourth-order valence-electron chi connectivity index (χ4n) is 1.08. The summed E-state index contributed by atoms with van der Waals surface area (Å²) in [4.78, 5) is 22.0. The Kier molecular flexibility index (Phi) is 2.81. The second-order valence-corrected chi connectivity index (χ2v) is 2.98. The molecular formula is C8H7N5O4. The van der Waals surface area contributed by atoms with Gasteiger partial charge >= 0.3 is 5.97 Å². The van der Waals surface area contributed by atoms with Crippen LogP contribution >= 0.6 is 0 Å². The molecule has 0 spiro atoms. The topological polar surface area (TPSA) is 134 Å². The molecule has 17 heavy (non-hydrogen) atoms. The van der Waals surface area contributed by atoms with E-state index in [9.17, 15) is 9.59 Å². The van der Waals surface area contributed by atoms with Gasteiger partial charge in [0, 0.05) is 0 Å². The molecule has 0 aliphatic heterocycles. The normalized spacial score (nSPS) is 10.1. The predicted octanol–water partition coefficient (Wildman–Crippen LogP) is -0.579. The molecule has 2 heterocycles. The summed E-state index contributed by atoms with van der Waals surface area (Å²) in [7, 11) is 0. The molecule has 0 aliphatic rings. The van der Waals surface area contributed by atoms with Gasteiger partial charge < -0.3 is 14.8 Å². The van der Waals surface area contributed by atoms with Crippen molar-refractivity contribution in [1.29, 1.82) is 0 Å². The number of furan rings is 1. The van der Waals surface area contributed by atoms with E-state index in [-0.39, 0.29) is 18.1 Å². The Balaban J connectivity index is 1.97. The number of carboxylic acids is 1.